The van der Waals surface area contributed by atoms with Gasteiger partial charge in [-0.2, -0.15) is 5.26 Å². The van der Waals surface area contributed by atoms with E-state index in [2.05, 4.69) is 18.3 Å². The van der Waals surface area contributed by atoms with Crippen molar-refractivity contribution in [1.82, 2.24) is 0 Å². The second-order valence-electron chi connectivity index (χ2n) is 3.76. The zero-order valence-electron chi connectivity index (χ0n) is 7.81. The molecule has 1 aliphatic rings. The molecule has 3 heteroatoms. The van der Waals surface area contributed by atoms with E-state index in [0.29, 0.717) is 0 Å². The lowest BCUT2D eigenvalue weighted by molar-refractivity contribution is -0.693. The molecule has 0 aromatic heterocycles. The fourth-order valence-electron chi connectivity index (χ4n) is 2.02. The smallest absolute Gasteiger partial charge is 0.183 e. The summed E-state index contributed by atoms with van der Waals surface area (Å²) in [6.07, 6.45) is 4.67. The predicted octanol–water partition coefficient (Wildman–Crippen LogP) is -2.34. The summed E-state index contributed by atoms with van der Waals surface area (Å²) < 4.78 is 0. The summed E-state index contributed by atoms with van der Waals surface area (Å²) in [5, 5.41) is 11.1. The molecule has 0 aromatic carbocycles. The van der Waals surface area contributed by atoms with Crippen LogP contribution < -0.4 is 17.7 Å². The van der Waals surface area contributed by atoms with Gasteiger partial charge in [0.05, 0.1) is 7.05 Å². The van der Waals surface area contributed by atoms with Crippen molar-refractivity contribution in [3.05, 3.63) is 0 Å². The minimum Gasteiger partial charge on any atom is -1.00 e. The first-order valence-corrected chi connectivity index (χ1v) is 4.44. The highest BCUT2D eigenvalue weighted by molar-refractivity contribution is 5.01. The number of quaternary nitrogens is 1. The van der Waals surface area contributed by atoms with Crippen molar-refractivity contribution in [2.75, 3.05) is 7.05 Å². The van der Waals surface area contributed by atoms with Gasteiger partial charge >= 0.3 is 0 Å². The van der Waals surface area contributed by atoms with Gasteiger partial charge in [0.1, 0.15) is 6.07 Å². The summed E-state index contributed by atoms with van der Waals surface area (Å²) in [5.74, 6) is 0.736. The number of nitrogens with two attached hydrogens (primary N) is 1. The summed E-state index contributed by atoms with van der Waals surface area (Å²) in [6, 6.07) is 2.44. The van der Waals surface area contributed by atoms with Gasteiger partial charge < -0.3 is 17.7 Å². The van der Waals surface area contributed by atoms with E-state index in [4.69, 9.17) is 5.26 Å². The Bertz CT molecular complexity index is 176. The normalized spacial score (nSPS) is 34.9. The van der Waals surface area contributed by atoms with Gasteiger partial charge in [-0.15, -0.1) is 0 Å². The highest BCUT2D eigenvalue weighted by Crippen LogP contribution is 2.28. The summed E-state index contributed by atoms with van der Waals surface area (Å²) in [7, 11) is 2.02. The van der Waals surface area contributed by atoms with Gasteiger partial charge in [-0.25, -0.2) is 0 Å². The lowest BCUT2D eigenvalue weighted by atomic mass is 9.77. The SMILES string of the molecule is C[NH2+]C1(C#N)CCCC(C)C1.[Cl-]. The standard InChI is InChI=1S/C9H16N2.ClH/c1-8-4-3-5-9(6-8,7-10)11-2;/h8,11H,3-6H2,1-2H3;1H. The maximum absolute atomic E-state index is 8.98. The van der Waals surface area contributed by atoms with Crippen molar-refractivity contribution in [3.8, 4) is 6.07 Å². The molecule has 1 rings (SSSR count). The second kappa shape index (κ2) is 4.69. The van der Waals surface area contributed by atoms with Gasteiger partial charge in [0, 0.05) is 12.8 Å². The Morgan fingerprint density at radius 1 is 1.58 bits per heavy atom. The first-order chi connectivity index (χ1) is 5.22. The molecule has 0 saturated heterocycles. The van der Waals surface area contributed by atoms with Crippen molar-refractivity contribution in [2.24, 2.45) is 5.92 Å². The van der Waals surface area contributed by atoms with Crippen LogP contribution in [0.1, 0.15) is 32.6 Å². The number of rotatable bonds is 1. The minimum atomic E-state index is -0.0856. The summed E-state index contributed by atoms with van der Waals surface area (Å²) >= 11 is 0. The lowest BCUT2D eigenvalue weighted by Crippen LogP contribution is -3.00. The molecule has 0 aromatic rings. The Balaban J connectivity index is 0.00000121. The molecule has 1 fully saturated rings. The van der Waals surface area contributed by atoms with Crippen LogP contribution in [0.5, 0.6) is 0 Å². The van der Waals surface area contributed by atoms with Gasteiger partial charge in [-0.05, 0) is 12.3 Å². The number of halogens is 1. The van der Waals surface area contributed by atoms with E-state index >= 15 is 0 Å². The molecule has 0 radical (unpaired) electrons. The van der Waals surface area contributed by atoms with Crippen LogP contribution in [0.3, 0.4) is 0 Å². The first-order valence-electron chi connectivity index (χ1n) is 4.44. The Morgan fingerprint density at radius 3 is 2.58 bits per heavy atom. The molecular weight excluding hydrogens is 172 g/mol. The Hall–Kier alpha value is -0.260. The monoisotopic (exact) mass is 188 g/mol. The van der Waals surface area contributed by atoms with Crippen molar-refractivity contribution in [1.29, 1.82) is 5.26 Å². The van der Waals surface area contributed by atoms with Gasteiger partial charge in [0.2, 0.25) is 0 Å². The van der Waals surface area contributed by atoms with E-state index in [1.807, 2.05) is 7.05 Å². The molecular formula is C9H17ClN2. The third kappa shape index (κ3) is 2.36. The van der Waals surface area contributed by atoms with Crippen LogP contribution in [-0.4, -0.2) is 12.6 Å². The van der Waals surface area contributed by atoms with Crippen LogP contribution in [-0.2, 0) is 0 Å². The third-order valence-corrected chi connectivity index (χ3v) is 2.81. The lowest BCUT2D eigenvalue weighted by Gasteiger charge is -2.30. The van der Waals surface area contributed by atoms with E-state index < -0.39 is 0 Å². The largest absolute Gasteiger partial charge is 1.00 e. The van der Waals surface area contributed by atoms with Crippen LogP contribution in [0.4, 0.5) is 0 Å². The van der Waals surface area contributed by atoms with Crippen molar-refractivity contribution >= 4 is 0 Å². The summed E-state index contributed by atoms with van der Waals surface area (Å²) in [4.78, 5) is 0. The first kappa shape index (κ1) is 11.7. The average Bonchev–Trinajstić information content (AvgIpc) is 2.04. The number of nitrogens with zero attached hydrogens (tertiary/aromatic N) is 1. The summed E-state index contributed by atoms with van der Waals surface area (Å²) in [6.45, 7) is 2.24. The molecule has 2 atom stereocenters. The second-order valence-corrected chi connectivity index (χ2v) is 3.76. The average molecular weight is 189 g/mol. The van der Waals surface area contributed by atoms with Crippen molar-refractivity contribution in [3.63, 3.8) is 0 Å². The molecule has 0 heterocycles. The van der Waals surface area contributed by atoms with E-state index in [-0.39, 0.29) is 17.9 Å². The molecule has 70 valence electrons. The third-order valence-electron chi connectivity index (χ3n) is 2.81. The minimum absolute atomic E-state index is 0. The zero-order valence-corrected chi connectivity index (χ0v) is 8.56. The molecule has 1 saturated carbocycles. The van der Waals surface area contributed by atoms with E-state index in [9.17, 15) is 0 Å². The van der Waals surface area contributed by atoms with Crippen LogP contribution in [0.2, 0.25) is 0 Å². The van der Waals surface area contributed by atoms with Crippen molar-refractivity contribution < 1.29 is 17.7 Å². The predicted molar refractivity (Wildman–Crippen MR) is 43.8 cm³/mol. The van der Waals surface area contributed by atoms with Crippen molar-refractivity contribution in [2.45, 2.75) is 38.1 Å². The number of hydrogen-bond acceptors (Lipinski definition) is 1. The Kier molecular flexibility index (Phi) is 4.59. The van der Waals surface area contributed by atoms with E-state index in [0.717, 1.165) is 18.8 Å². The van der Waals surface area contributed by atoms with Crippen LogP contribution in [0.25, 0.3) is 0 Å². The molecule has 0 amide bonds. The van der Waals surface area contributed by atoms with Crippen LogP contribution >= 0.6 is 0 Å². The number of nitriles is 1. The van der Waals surface area contributed by atoms with Gasteiger partial charge in [0.15, 0.2) is 5.54 Å². The van der Waals surface area contributed by atoms with Crippen LogP contribution in [0.15, 0.2) is 0 Å². The molecule has 12 heavy (non-hydrogen) atoms. The molecule has 2 unspecified atom stereocenters. The maximum Gasteiger partial charge on any atom is 0.183 e. The van der Waals surface area contributed by atoms with Crippen LogP contribution in [0, 0.1) is 17.2 Å². The zero-order chi connectivity index (χ0) is 8.32. The molecule has 0 spiro atoms. The molecule has 2 nitrogen and oxygen atoms in total. The van der Waals surface area contributed by atoms with E-state index in [1.165, 1.54) is 12.8 Å². The summed E-state index contributed by atoms with van der Waals surface area (Å²) in [5.41, 5.74) is -0.0856. The van der Waals surface area contributed by atoms with Gasteiger partial charge in [-0.1, -0.05) is 13.3 Å². The number of hydrogen-bond donors (Lipinski definition) is 1. The molecule has 1 aliphatic carbocycles. The maximum atomic E-state index is 8.98. The Morgan fingerprint density at radius 2 is 2.25 bits per heavy atom. The highest BCUT2D eigenvalue weighted by Gasteiger charge is 2.36. The quantitative estimate of drug-likeness (QED) is 0.492. The fourth-order valence-corrected chi connectivity index (χ4v) is 2.02. The fraction of sp³-hybridized carbons (Fsp3) is 0.889. The topological polar surface area (TPSA) is 40.4 Å². The van der Waals surface area contributed by atoms with E-state index in [1.54, 1.807) is 0 Å². The highest BCUT2D eigenvalue weighted by atomic mass is 35.5. The molecule has 0 bridgehead atoms. The molecule has 2 N–H and O–H groups in total. The van der Waals surface area contributed by atoms with Gasteiger partial charge in [-0.3, -0.25) is 0 Å². The Labute approximate surface area is 80.7 Å². The van der Waals surface area contributed by atoms with Gasteiger partial charge in [0.25, 0.3) is 0 Å². The molecule has 0 aliphatic heterocycles.